The van der Waals surface area contributed by atoms with Gasteiger partial charge in [-0.05, 0) is 26.0 Å². The van der Waals surface area contributed by atoms with Crippen molar-refractivity contribution in [2.24, 2.45) is 5.73 Å². The van der Waals surface area contributed by atoms with E-state index in [0.29, 0.717) is 12.6 Å². The Balaban J connectivity index is 2.42. The third-order valence-electron chi connectivity index (χ3n) is 3.00. The molecule has 3 nitrogen and oxygen atoms in total. The summed E-state index contributed by atoms with van der Waals surface area (Å²) in [6, 6.07) is 10.9. The van der Waals surface area contributed by atoms with Gasteiger partial charge in [0.15, 0.2) is 0 Å². The van der Waals surface area contributed by atoms with Crippen LogP contribution in [0.3, 0.4) is 0 Å². The molecule has 0 amide bonds. The van der Waals surface area contributed by atoms with Gasteiger partial charge in [0.05, 0.1) is 6.61 Å². The number of hydrogen-bond acceptors (Lipinski definition) is 3. The quantitative estimate of drug-likeness (QED) is 0.696. The van der Waals surface area contributed by atoms with E-state index >= 15 is 0 Å². The molecule has 2 N–H and O–H groups in total. The topological polar surface area (TPSA) is 38.5 Å². The van der Waals surface area contributed by atoms with E-state index < -0.39 is 0 Å². The first-order valence-corrected chi connectivity index (χ1v) is 6.30. The second-order valence-electron chi connectivity index (χ2n) is 4.26. The molecule has 1 unspecified atom stereocenters. The number of rotatable bonds is 8. The van der Waals surface area contributed by atoms with Crippen LogP contribution < -0.4 is 5.73 Å². The number of nitrogens with zero attached hydrogens (tertiary/aromatic N) is 1. The minimum Gasteiger partial charge on any atom is -0.380 e. The summed E-state index contributed by atoms with van der Waals surface area (Å²) in [6.07, 6.45) is 1.000. The molecule has 0 saturated heterocycles. The molecule has 0 aliphatic rings. The highest BCUT2D eigenvalue weighted by atomic mass is 16.5. The van der Waals surface area contributed by atoms with Crippen molar-refractivity contribution in [2.75, 3.05) is 33.4 Å². The van der Waals surface area contributed by atoms with Crippen molar-refractivity contribution in [3.63, 3.8) is 0 Å². The largest absolute Gasteiger partial charge is 0.380 e. The van der Waals surface area contributed by atoms with Gasteiger partial charge in [-0.25, -0.2) is 0 Å². The first-order valence-electron chi connectivity index (χ1n) is 6.30. The third-order valence-corrected chi connectivity index (χ3v) is 3.00. The summed E-state index contributed by atoms with van der Waals surface area (Å²) in [5, 5.41) is 0. The van der Waals surface area contributed by atoms with Crippen LogP contribution in [0.4, 0.5) is 0 Å². The molecule has 0 aliphatic heterocycles. The molecule has 0 aromatic heterocycles. The fourth-order valence-corrected chi connectivity index (χ4v) is 1.84. The van der Waals surface area contributed by atoms with Crippen molar-refractivity contribution in [2.45, 2.75) is 19.4 Å². The Morgan fingerprint density at radius 2 is 2.00 bits per heavy atom. The number of hydrogen-bond donors (Lipinski definition) is 1. The molecule has 96 valence electrons. The Kier molecular flexibility index (Phi) is 6.86. The van der Waals surface area contributed by atoms with Crippen LogP contribution in [0.2, 0.25) is 0 Å². The van der Waals surface area contributed by atoms with E-state index in [-0.39, 0.29) is 0 Å². The molecule has 1 aromatic carbocycles. The van der Waals surface area contributed by atoms with Crippen molar-refractivity contribution in [3.05, 3.63) is 35.9 Å². The maximum absolute atomic E-state index is 5.84. The van der Waals surface area contributed by atoms with Gasteiger partial charge in [-0.1, -0.05) is 30.3 Å². The van der Waals surface area contributed by atoms with E-state index in [2.05, 4.69) is 36.2 Å². The standard InChI is InChI=1S/C14H24N2O/c1-3-17-10-9-16(2)14(12-15)11-13-7-5-4-6-8-13/h4-8,14H,3,9-12,15H2,1-2H3. The molecule has 0 bridgehead atoms. The average Bonchev–Trinajstić information content (AvgIpc) is 2.37. The zero-order valence-electron chi connectivity index (χ0n) is 10.9. The van der Waals surface area contributed by atoms with Crippen molar-refractivity contribution in [3.8, 4) is 0 Å². The number of benzene rings is 1. The van der Waals surface area contributed by atoms with Gasteiger partial charge in [-0.2, -0.15) is 0 Å². The second kappa shape index (κ2) is 8.23. The highest BCUT2D eigenvalue weighted by Crippen LogP contribution is 2.06. The first-order chi connectivity index (χ1) is 8.27. The summed E-state index contributed by atoms with van der Waals surface area (Å²) >= 11 is 0. The predicted molar refractivity (Wildman–Crippen MR) is 72.1 cm³/mol. The molecule has 0 saturated carbocycles. The van der Waals surface area contributed by atoms with Crippen LogP contribution in [-0.2, 0) is 11.2 Å². The molecule has 0 aliphatic carbocycles. The lowest BCUT2D eigenvalue weighted by Crippen LogP contribution is -2.41. The van der Waals surface area contributed by atoms with E-state index in [9.17, 15) is 0 Å². The normalized spacial score (nSPS) is 12.9. The van der Waals surface area contributed by atoms with Crippen LogP contribution in [0.5, 0.6) is 0 Å². The Morgan fingerprint density at radius 3 is 2.59 bits per heavy atom. The Morgan fingerprint density at radius 1 is 1.29 bits per heavy atom. The van der Waals surface area contributed by atoms with Crippen LogP contribution in [0, 0.1) is 0 Å². The van der Waals surface area contributed by atoms with Crippen LogP contribution in [0.15, 0.2) is 30.3 Å². The van der Waals surface area contributed by atoms with Crippen molar-refractivity contribution < 1.29 is 4.74 Å². The molecule has 17 heavy (non-hydrogen) atoms. The van der Waals surface area contributed by atoms with Gasteiger partial charge < -0.3 is 10.5 Å². The average molecular weight is 236 g/mol. The van der Waals surface area contributed by atoms with Gasteiger partial charge in [0.2, 0.25) is 0 Å². The molecule has 0 fully saturated rings. The lowest BCUT2D eigenvalue weighted by molar-refractivity contribution is 0.108. The second-order valence-corrected chi connectivity index (χ2v) is 4.26. The molecule has 3 heteroatoms. The van der Waals surface area contributed by atoms with E-state index in [0.717, 1.165) is 26.2 Å². The van der Waals surface area contributed by atoms with Gasteiger partial charge in [0.1, 0.15) is 0 Å². The summed E-state index contributed by atoms with van der Waals surface area (Å²) in [6.45, 7) is 5.18. The smallest absolute Gasteiger partial charge is 0.0593 e. The highest BCUT2D eigenvalue weighted by Gasteiger charge is 2.13. The molecule has 0 spiro atoms. The fraction of sp³-hybridized carbons (Fsp3) is 0.571. The molecule has 1 atom stereocenters. The van der Waals surface area contributed by atoms with Crippen molar-refractivity contribution in [1.29, 1.82) is 0 Å². The number of ether oxygens (including phenoxy) is 1. The summed E-state index contributed by atoms with van der Waals surface area (Å²) < 4.78 is 5.37. The zero-order chi connectivity index (χ0) is 12.5. The zero-order valence-corrected chi connectivity index (χ0v) is 10.9. The SMILES string of the molecule is CCOCCN(C)C(CN)Cc1ccccc1. The van der Waals surface area contributed by atoms with Crippen LogP contribution in [0.25, 0.3) is 0 Å². The van der Waals surface area contributed by atoms with Gasteiger partial charge >= 0.3 is 0 Å². The Labute approximate surface area is 105 Å². The minimum absolute atomic E-state index is 0.387. The monoisotopic (exact) mass is 236 g/mol. The third kappa shape index (κ3) is 5.31. The van der Waals surface area contributed by atoms with E-state index in [1.165, 1.54) is 5.56 Å². The maximum atomic E-state index is 5.84. The van der Waals surface area contributed by atoms with Crippen LogP contribution >= 0.6 is 0 Å². The molecule has 0 radical (unpaired) electrons. The number of likely N-dealkylation sites (N-methyl/N-ethyl adjacent to an activating group) is 1. The van der Waals surface area contributed by atoms with E-state index in [1.807, 2.05) is 13.0 Å². The highest BCUT2D eigenvalue weighted by molar-refractivity contribution is 5.16. The fourth-order valence-electron chi connectivity index (χ4n) is 1.84. The molecular formula is C14H24N2O. The molecular weight excluding hydrogens is 212 g/mol. The summed E-state index contributed by atoms with van der Waals surface area (Å²) in [5.41, 5.74) is 7.18. The van der Waals surface area contributed by atoms with Gasteiger partial charge in [-0.15, -0.1) is 0 Å². The number of nitrogens with two attached hydrogens (primary N) is 1. The Bertz CT molecular complexity index is 290. The lowest BCUT2D eigenvalue weighted by Gasteiger charge is -2.26. The van der Waals surface area contributed by atoms with Crippen molar-refractivity contribution >= 4 is 0 Å². The van der Waals surface area contributed by atoms with Gasteiger partial charge in [0, 0.05) is 25.7 Å². The minimum atomic E-state index is 0.387. The summed E-state index contributed by atoms with van der Waals surface area (Å²) in [5.74, 6) is 0. The molecule has 0 heterocycles. The van der Waals surface area contributed by atoms with E-state index in [4.69, 9.17) is 10.5 Å². The van der Waals surface area contributed by atoms with Gasteiger partial charge in [0.25, 0.3) is 0 Å². The van der Waals surface area contributed by atoms with Crippen molar-refractivity contribution in [1.82, 2.24) is 4.90 Å². The molecule has 1 rings (SSSR count). The lowest BCUT2D eigenvalue weighted by atomic mass is 10.1. The van der Waals surface area contributed by atoms with E-state index in [1.54, 1.807) is 0 Å². The van der Waals surface area contributed by atoms with Crippen LogP contribution in [-0.4, -0.2) is 44.3 Å². The summed E-state index contributed by atoms with van der Waals surface area (Å²) in [4.78, 5) is 2.28. The van der Waals surface area contributed by atoms with Gasteiger partial charge in [-0.3, -0.25) is 4.90 Å². The van der Waals surface area contributed by atoms with Crippen LogP contribution in [0.1, 0.15) is 12.5 Å². The maximum Gasteiger partial charge on any atom is 0.0593 e. The first kappa shape index (κ1) is 14.2. The Hall–Kier alpha value is -0.900. The predicted octanol–water partition coefficient (Wildman–Crippen LogP) is 1.52. The molecule has 1 aromatic rings. The summed E-state index contributed by atoms with van der Waals surface area (Å²) in [7, 11) is 2.11.